The van der Waals surface area contributed by atoms with Crippen LogP contribution in [0.2, 0.25) is 0 Å². The van der Waals surface area contributed by atoms with Crippen LogP contribution in [0.3, 0.4) is 0 Å². The van der Waals surface area contributed by atoms with Crippen molar-refractivity contribution in [3.63, 3.8) is 0 Å². The van der Waals surface area contributed by atoms with Crippen molar-refractivity contribution >= 4 is 18.3 Å². The zero-order chi connectivity index (χ0) is 7.56. The van der Waals surface area contributed by atoms with Gasteiger partial charge in [-0.05, 0) is 19.8 Å². The highest BCUT2D eigenvalue weighted by atomic mass is 35.5. The van der Waals surface area contributed by atoms with Crippen LogP contribution in [-0.2, 0) is 4.79 Å². The van der Waals surface area contributed by atoms with Gasteiger partial charge in [0.25, 0.3) is 0 Å². The number of likely N-dealkylation sites (N-methyl/N-ethyl adjacent to an activating group) is 1. The molecule has 2 N–H and O–H groups in total. The van der Waals surface area contributed by atoms with E-state index >= 15 is 0 Å². The van der Waals surface area contributed by atoms with Crippen LogP contribution in [0.1, 0.15) is 19.8 Å². The van der Waals surface area contributed by atoms with E-state index in [1.165, 1.54) is 0 Å². The third-order valence-electron chi connectivity index (χ3n) is 1.95. The van der Waals surface area contributed by atoms with Crippen molar-refractivity contribution < 1.29 is 4.79 Å². The predicted molar refractivity (Wildman–Crippen MR) is 46.7 cm³/mol. The fourth-order valence-electron chi connectivity index (χ4n) is 1.28. The first-order chi connectivity index (χ1) is 4.75. The minimum absolute atomic E-state index is 0. The van der Waals surface area contributed by atoms with Gasteiger partial charge in [-0.15, -0.1) is 12.4 Å². The Morgan fingerprint density at radius 1 is 1.73 bits per heavy atom. The number of hydrogen-bond acceptors (Lipinski definition) is 2. The monoisotopic (exact) mass is 178 g/mol. The Bertz CT molecular complexity index is 140. The van der Waals surface area contributed by atoms with Crippen molar-refractivity contribution in [2.45, 2.75) is 25.8 Å². The van der Waals surface area contributed by atoms with Gasteiger partial charge >= 0.3 is 0 Å². The van der Waals surface area contributed by atoms with Gasteiger partial charge in [0.2, 0.25) is 5.91 Å². The maximum Gasteiger partial charge on any atom is 0.239 e. The summed E-state index contributed by atoms with van der Waals surface area (Å²) < 4.78 is 0. The number of carbonyl (C=O) groups excluding carboxylic acids is 1. The molecule has 4 heteroatoms. The lowest BCUT2D eigenvalue weighted by Gasteiger charge is -2.29. The molecule has 0 aromatic carbocycles. The highest BCUT2D eigenvalue weighted by molar-refractivity contribution is 5.85. The molecule has 0 saturated carbocycles. The summed E-state index contributed by atoms with van der Waals surface area (Å²) >= 11 is 0. The molecular formula is C7H15ClN2O. The first-order valence-electron chi connectivity index (χ1n) is 3.80. The number of nitrogens with zero attached hydrogens (tertiary/aromatic N) is 1. The van der Waals surface area contributed by atoms with Crippen LogP contribution in [0.5, 0.6) is 0 Å². The maximum atomic E-state index is 11.2. The average molecular weight is 179 g/mol. The summed E-state index contributed by atoms with van der Waals surface area (Å²) in [6.07, 6.45) is 1.91. The van der Waals surface area contributed by atoms with E-state index in [9.17, 15) is 4.79 Å². The molecule has 0 radical (unpaired) electrons. The van der Waals surface area contributed by atoms with Crippen LogP contribution >= 0.6 is 12.4 Å². The Labute approximate surface area is 73.3 Å². The summed E-state index contributed by atoms with van der Waals surface area (Å²) in [4.78, 5) is 13.0. The van der Waals surface area contributed by atoms with E-state index in [2.05, 4.69) is 0 Å². The lowest BCUT2D eigenvalue weighted by atomic mass is 10.1. The Morgan fingerprint density at radius 3 is 2.82 bits per heavy atom. The highest BCUT2D eigenvalue weighted by Crippen LogP contribution is 2.08. The number of nitrogens with two attached hydrogens (primary N) is 1. The first-order valence-corrected chi connectivity index (χ1v) is 3.80. The SMILES string of the molecule is CCN1CCC[C@H](N)C1=O.Cl. The summed E-state index contributed by atoms with van der Waals surface area (Å²) in [7, 11) is 0. The number of piperidine rings is 1. The number of amides is 1. The molecular weight excluding hydrogens is 164 g/mol. The van der Waals surface area contributed by atoms with Gasteiger partial charge in [0.05, 0.1) is 6.04 Å². The third-order valence-corrected chi connectivity index (χ3v) is 1.95. The van der Waals surface area contributed by atoms with Gasteiger partial charge in [0.15, 0.2) is 0 Å². The van der Waals surface area contributed by atoms with Crippen LogP contribution < -0.4 is 5.73 Å². The average Bonchev–Trinajstić information content (AvgIpc) is 1.95. The van der Waals surface area contributed by atoms with E-state index in [4.69, 9.17) is 5.73 Å². The topological polar surface area (TPSA) is 46.3 Å². The molecule has 1 saturated heterocycles. The molecule has 0 unspecified atom stereocenters. The zero-order valence-corrected chi connectivity index (χ0v) is 7.56. The maximum absolute atomic E-state index is 11.2. The number of hydrogen-bond donors (Lipinski definition) is 1. The van der Waals surface area contributed by atoms with E-state index in [0.29, 0.717) is 0 Å². The standard InChI is InChI=1S/C7H14N2O.ClH/c1-2-9-5-3-4-6(8)7(9)10;/h6H,2-5,8H2,1H3;1H/t6-;/m0./s1. The van der Waals surface area contributed by atoms with Crippen molar-refractivity contribution in [3.05, 3.63) is 0 Å². The van der Waals surface area contributed by atoms with Gasteiger partial charge in [-0.1, -0.05) is 0 Å². The van der Waals surface area contributed by atoms with Gasteiger partial charge in [-0.3, -0.25) is 4.79 Å². The highest BCUT2D eigenvalue weighted by Gasteiger charge is 2.23. The minimum Gasteiger partial charge on any atom is -0.342 e. The third kappa shape index (κ3) is 2.34. The van der Waals surface area contributed by atoms with E-state index in [0.717, 1.165) is 25.9 Å². The summed E-state index contributed by atoms with van der Waals surface area (Å²) in [5, 5.41) is 0. The van der Waals surface area contributed by atoms with Crippen molar-refractivity contribution in [3.8, 4) is 0 Å². The predicted octanol–water partition coefficient (Wildman–Crippen LogP) is 0.378. The molecule has 1 aliphatic rings. The molecule has 1 amide bonds. The normalized spacial score (nSPS) is 24.7. The van der Waals surface area contributed by atoms with Crippen LogP contribution in [0.4, 0.5) is 0 Å². The summed E-state index contributed by atoms with van der Waals surface area (Å²) in [6.45, 7) is 3.67. The van der Waals surface area contributed by atoms with Crippen molar-refractivity contribution in [1.29, 1.82) is 0 Å². The molecule has 11 heavy (non-hydrogen) atoms. The minimum atomic E-state index is -0.228. The van der Waals surface area contributed by atoms with Gasteiger partial charge < -0.3 is 10.6 Å². The lowest BCUT2D eigenvalue weighted by Crippen LogP contribution is -2.48. The quantitative estimate of drug-likeness (QED) is 0.631. The van der Waals surface area contributed by atoms with E-state index < -0.39 is 0 Å². The number of halogens is 1. The van der Waals surface area contributed by atoms with Gasteiger partial charge in [-0.25, -0.2) is 0 Å². The molecule has 0 aromatic rings. The van der Waals surface area contributed by atoms with E-state index in [-0.39, 0.29) is 24.4 Å². The molecule has 1 heterocycles. The zero-order valence-electron chi connectivity index (χ0n) is 6.75. The van der Waals surface area contributed by atoms with Crippen molar-refractivity contribution in [2.75, 3.05) is 13.1 Å². The van der Waals surface area contributed by atoms with Crippen LogP contribution in [0, 0.1) is 0 Å². The molecule has 1 atom stereocenters. The molecule has 3 nitrogen and oxygen atoms in total. The molecule has 1 aliphatic heterocycles. The number of rotatable bonds is 1. The van der Waals surface area contributed by atoms with Crippen molar-refractivity contribution in [2.24, 2.45) is 5.73 Å². The van der Waals surface area contributed by atoms with Crippen LogP contribution in [0.15, 0.2) is 0 Å². The molecule has 1 rings (SSSR count). The van der Waals surface area contributed by atoms with Crippen molar-refractivity contribution in [1.82, 2.24) is 4.90 Å². The smallest absolute Gasteiger partial charge is 0.239 e. The Morgan fingerprint density at radius 2 is 2.36 bits per heavy atom. The second kappa shape index (κ2) is 4.57. The molecule has 66 valence electrons. The van der Waals surface area contributed by atoms with Crippen LogP contribution in [0.25, 0.3) is 0 Å². The summed E-state index contributed by atoms with van der Waals surface area (Å²) in [6, 6.07) is -0.228. The number of likely N-dealkylation sites (tertiary alicyclic amines) is 1. The fourth-order valence-corrected chi connectivity index (χ4v) is 1.28. The van der Waals surface area contributed by atoms with Gasteiger partial charge in [0, 0.05) is 13.1 Å². The van der Waals surface area contributed by atoms with Gasteiger partial charge in [-0.2, -0.15) is 0 Å². The largest absolute Gasteiger partial charge is 0.342 e. The lowest BCUT2D eigenvalue weighted by molar-refractivity contribution is -0.134. The second-order valence-electron chi connectivity index (χ2n) is 2.67. The molecule has 0 spiro atoms. The first kappa shape index (κ1) is 10.7. The number of carbonyl (C=O) groups is 1. The van der Waals surface area contributed by atoms with E-state index in [1.807, 2.05) is 11.8 Å². The molecule has 0 aliphatic carbocycles. The summed E-state index contributed by atoms with van der Waals surface area (Å²) in [5.74, 6) is 0.119. The van der Waals surface area contributed by atoms with E-state index in [1.54, 1.807) is 0 Å². The molecule has 0 aromatic heterocycles. The fraction of sp³-hybridized carbons (Fsp3) is 0.857. The molecule has 0 bridgehead atoms. The van der Waals surface area contributed by atoms with Gasteiger partial charge in [0.1, 0.15) is 0 Å². The van der Waals surface area contributed by atoms with Crippen LogP contribution in [-0.4, -0.2) is 29.9 Å². The second-order valence-corrected chi connectivity index (χ2v) is 2.67. The summed E-state index contributed by atoms with van der Waals surface area (Å²) in [5.41, 5.74) is 5.55. The Balaban J connectivity index is 0.000001000. The molecule has 1 fully saturated rings. The Kier molecular flexibility index (Phi) is 4.45. The Hall–Kier alpha value is -0.280.